The highest BCUT2D eigenvalue weighted by Crippen LogP contribution is 2.21. The largest absolute Gasteiger partial charge is 0.497 e. The van der Waals surface area contributed by atoms with Crippen molar-refractivity contribution in [2.75, 3.05) is 19.0 Å². The molecule has 0 aliphatic carbocycles. The molecule has 0 saturated carbocycles. The summed E-state index contributed by atoms with van der Waals surface area (Å²) >= 11 is 0. The van der Waals surface area contributed by atoms with E-state index in [1.165, 1.54) is 0 Å². The van der Waals surface area contributed by atoms with Crippen LogP contribution >= 0.6 is 0 Å². The number of carbonyl (C=O) groups is 2. The number of methoxy groups -OCH3 is 1. The van der Waals surface area contributed by atoms with Gasteiger partial charge in [0, 0.05) is 5.69 Å². The van der Waals surface area contributed by atoms with E-state index in [0.717, 1.165) is 5.56 Å². The number of aryl methyl sites for hydroxylation is 1. The molecule has 0 saturated heterocycles. The number of amides is 1. The Hall–Kier alpha value is -2.08. The molecule has 19 heavy (non-hydrogen) atoms. The topological polar surface area (TPSA) is 90.7 Å². The number of rotatable bonds is 5. The lowest BCUT2D eigenvalue weighted by Crippen LogP contribution is -2.43. The normalized spacial score (nSPS) is 11.6. The lowest BCUT2D eigenvalue weighted by atomic mass is 10.1. The average molecular weight is 266 g/mol. The SMILES string of the molecule is CCOC(=O)C(N)C(=O)Nc1ccc(OC)cc1C. The van der Waals surface area contributed by atoms with Crippen LogP contribution < -0.4 is 15.8 Å². The third kappa shape index (κ3) is 3.96. The molecular formula is C13H18N2O4. The van der Waals surface area contributed by atoms with E-state index in [0.29, 0.717) is 11.4 Å². The molecule has 0 aliphatic rings. The van der Waals surface area contributed by atoms with E-state index >= 15 is 0 Å². The van der Waals surface area contributed by atoms with E-state index in [9.17, 15) is 9.59 Å². The van der Waals surface area contributed by atoms with Gasteiger partial charge < -0.3 is 20.5 Å². The van der Waals surface area contributed by atoms with Gasteiger partial charge in [-0.05, 0) is 37.6 Å². The molecule has 1 aromatic carbocycles. The molecule has 0 aromatic heterocycles. The smallest absolute Gasteiger partial charge is 0.332 e. The molecule has 104 valence electrons. The Morgan fingerprint density at radius 1 is 1.42 bits per heavy atom. The molecule has 1 unspecified atom stereocenters. The average Bonchev–Trinajstić information content (AvgIpc) is 2.40. The van der Waals surface area contributed by atoms with E-state index in [1.54, 1.807) is 32.2 Å². The molecule has 0 bridgehead atoms. The molecule has 1 atom stereocenters. The van der Waals surface area contributed by atoms with Crippen molar-refractivity contribution in [3.8, 4) is 5.75 Å². The predicted octanol–water partition coefficient (Wildman–Crippen LogP) is 0.833. The van der Waals surface area contributed by atoms with Gasteiger partial charge in [-0.25, -0.2) is 4.79 Å². The van der Waals surface area contributed by atoms with Crippen LogP contribution in [0.2, 0.25) is 0 Å². The fourth-order valence-corrected chi connectivity index (χ4v) is 1.45. The number of carbonyl (C=O) groups excluding carboxylic acids is 2. The fourth-order valence-electron chi connectivity index (χ4n) is 1.45. The third-order valence-electron chi connectivity index (χ3n) is 2.51. The first-order valence-electron chi connectivity index (χ1n) is 5.87. The van der Waals surface area contributed by atoms with E-state index in [4.69, 9.17) is 10.5 Å². The summed E-state index contributed by atoms with van der Waals surface area (Å²) in [6.07, 6.45) is 0. The van der Waals surface area contributed by atoms with Gasteiger partial charge in [-0.1, -0.05) is 0 Å². The number of nitrogens with one attached hydrogen (secondary N) is 1. The summed E-state index contributed by atoms with van der Waals surface area (Å²) in [5.41, 5.74) is 6.87. The lowest BCUT2D eigenvalue weighted by molar-refractivity contribution is -0.146. The van der Waals surface area contributed by atoms with Gasteiger partial charge in [-0.2, -0.15) is 0 Å². The standard InChI is InChI=1S/C13H18N2O4/c1-4-19-13(17)11(14)12(16)15-10-6-5-9(18-3)7-8(10)2/h5-7,11H,4,14H2,1-3H3,(H,15,16). The number of nitrogens with two attached hydrogens (primary N) is 1. The maximum atomic E-state index is 11.8. The van der Waals surface area contributed by atoms with Crippen molar-refractivity contribution in [1.29, 1.82) is 0 Å². The highest BCUT2D eigenvalue weighted by Gasteiger charge is 2.23. The molecule has 1 rings (SSSR count). The number of hydrogen-bond donors (Lipinski definition) is 2. The minimum absolute atomic E-state index is 0.182. The van der Waals surface area contributed by atoms with Gasteiger partial charge >= 0.3 is 5.97 Å². The van der Waals surface area contributed by atoms with Crippen LogP contribution in [0.3, 0.4) is 0 Å². The highest BCUT2D eigenvalue weighted by atomic mass is 16.5. The molecule has 0 aliphatic heterocycles. The van der Waals surface area contributed by atoms with Crippen LogP contribution in [-0.2, 0) is 14.3 Å². The Bertz CT molecular complexity index is 474. The van der Waals surface area contributed by atoms with Crippen LogP contribution in [0.1, 0.15) is 12.5 Å². The summed E-state index contributed by atoms with van der Waals surface area (Å²) in [7, 11) is 1.56. The van der Waals surface area contributed by atoms with Crippen LogP contribution in [0.4, 0.5) is 5.69 Å². The maximum Gasteiger partial charge on any atom is 0.332 e. The van der Waals surface area contributed by atoms with Crippen molar-refractivity contribution >= 4 is 17.6 Å². The number of benzene rings is 1. The fraction of sp³-hybridized carbons (Fsp3) is 0.385. The molecule has 0 spiro atoms. The number of anilines is 1. The Morgan fingerprint density at radius 2 is 2.11 bits per heavy atom. The Balaban J connectivity index is 2.74. The lowest BCUT2D eigenvalue weighted by Gasteiger charge is -2.13. The van der Waals surface area contributed by atoms with Crippen molar-refractivity contribution in [1.82, 2.24) is 0 Å². The molecule has 3 N–H and O–H groups in total. The maximum absolute atomic E-state index is 11.8. The van der Waals surface area contributed by atoms with Crippen molar-refractivity contribution < 1.29 is 19.1 Å². The quantitative estimate of drug-likeness (QED) is 0.608. The molecular weight excluding hydrogens is 248 g/mol. The van der Waals surface area contributed by atoms with E-state index < -0.39 is 17.9 Å². The first kappa shape index (κ1) is 15.0. The second kappa shape index (κ2) is 6.75. The summed E-state index contributed by atoms with van der Waals surface area (Å²) in [4.78, 5) is 23.1. The van der Waals surface area contributed by atoms with Crippen LogP contribution in [0.5, 0.6) is 5.75 Å². The van der Waals surface area contributed by atoms with Gasteiger partial charge in [0.2, 0.25) is 0 Å². The second-order valence-corrected chi connectivity index (χ2v) is 3.90. The molecule has 1 amide bonds. The van der Waals surface area contributed by atoms with Crippen LogP contribution in [0.25, 0.3) is 0 Å². The predicted molar refractivity (Wildman–Crippen MR) is 71.0 cm³/mol. The zero-order valence-electron chi connectivity index (χ0n) is 11.2. The summed E-state index contributed by atoms with van der Waals surface area (Å²) in [6.45, 7) is 3.64. The number of ether oxygens (including phenoxy) is 2. The Morgan fingerprint density at radius 3 is 2.63 bits per heavy atom. The Kier molecular flexibility index (Phi) is 5.32. The second-order valence-electron chi connectivity index (χ2n) is 3.90. The summed E-state index contributed by atoms with van der Waals surface area (Å²) < 4.78 is 9.75. The summed E-state index contributed by atoms with van der Waals surface area (Å²) in [6, 6.07) is 3.83. The van der Waals surface area contributed by atoms with Crippen LogP contribution in [-0.4, -0.2) is 31.6 Å². The number of hydrogen-bond acceptors (Lipinski definition) is 5. The van der Waals surface area contributed by atoms with Crippen LogP contribution in [0.15, 0.2) is 18.2 Å². The van der Waals surface area contributed by atoms with Gasteiger partial charge in [0.15, 0.2) is 6.04 Å². The van der Waals surface area contributed by atoms with Crippen molar-refractivity contribution in [3.05, 3.63) is 23.8 Å². The minimum atomic E-state index is -1.33. The van der Waals surface area contributed by atoms with E-state index in [-0.39, 0.29) is 6.61 Å². The Labute approximate surface area is 111 Å². The molecule has 0 fully saturated rings. The van der Waals surface area contributed by atoms with E-state index in [2.05, 4.69) is 10.1 Å². The molecule has 0 radical (unpaired) electrons. The zero-order valence-corrected chi connectivity index (χ0v) is 11.2. The summed E-state index contributed by atoms with van der Waals surface area (Å²) in [5.74, 6) is -0.664. The van der Waals surface area contributed by atoms with E-state index in [1.807, 2.05) is 6.92 Å². The molecule has 0 heterocycles. The van der Waals surface area contributed by atoms with Crippen molar-refractivity contribution in [3.63, 3.8) is 0 Å². The zero-order chi connectivity index (χ0) is 14.4. The first-order valence-corrected chi connectivity index (χ1v) is 5.87. The van der Waals surface area contributed by atoms with Gasteiger partial charge in [-0.15, -0.1) is 0 Å². The monoisotopic (exact) mass is 266 g/mol. The van der Waals surface area contributed by atoms with Gasteiger partial charge in [-0.3, -0.25) is 4.79 Å². The first-order chi connectivity index (χ1) is 8.99. The molecule has 1 aromatic rings. The minimum Gasteiger partial charge on any atom is -0.497 e. The summed E-state index contributed by atoms with van der Waals surface area (Å²) in [5, 5.41) is 2.58. The van der Waals surface area contributed by atoms with Gasteiger partial charge in [0.1, 0.15) is 5.75 Å². The number of esters is 1. The third-order valence-corrected chi connectivity index (χ3v) is 2.51. The van der Waals surface area contributed by atoms with Crippen molar-refractivity contribution in [2.24, 2.45) is 5.73 Å². The van der Waals surface area contributed by atoms with Gasteiger partial charge in [0.05, 0.1) is 13.7 Å². The van der Waals surface area contributed by atoms with Crippen molar-refractivity contribution in [2.45, 2.75) is 19.9 Å². The van der Waals surface area contributed by atoms with Gasteiger partial charge in [0.25, 0.3) is 5.91 Å². The molecule has 6 heteroatoms. The van der Waals surface area contributed by atoms with Crippen LogP contribution in [0, 0.1) is 6.92 Å². The molecule has 6 nitrogen and oxygen atoms in total. The highest BCUT2D eigenvalue weighted by molar-refractivity contribution is 6.08.